The molecular weight excluding hydrogens is 454 g/mol. The van der Waals surface area contributed by atoms with Crippen molar-refractivity contribution in [2.24, 2.45) is 0 Å². The van der Waals surface area contributed by atoms with Crippen LogP contribution in [-0.2, 0) is 11.3 Å². The summed E-state index contributed by atoms with van der Waals surface area (Å²) in [6.45, 7) is 0.692. The number of hydrogen-bond donors (Lipinski definition) is 1. The third kappa shape index (κ3) is 5.88. The highest BCUT2D eigenvalue weighted by molar-refractivity contribution is 6.30. The van der Waals surface area contributed by atoms with Crippen LogP contribution in [0.5, 0.6) is 17.2 Å². The Kier molecular flexibility index (Phi) is 7.65. The minimum Gasteiger partial charge on any atom is -0.493 e. The molecule has 0 bridgehead atoms. The summed E-state index contributed by atoms with van der Waals surface area (Å²) in [5, 5.41) is 14.2. The van der Waals surface area contributed by atoms with Gasteiger partial charge in [-0.15, -0.1) is 0 Å². The molecule has 2 aromatic carbocycles. The van der Waals surface area contributed by atoms with E-state index in [0.717, 1.165) is 0 Å². The number of nitrogens with zero attached hydrogens (tertiary/aromatic N) is 2. The number of nitro groups is 1. The van der Waals surface area contributed by atoms with Gasteiger partial charge in [0, 0.05) is 42.6 Å². The van der Waals surface area contributed by atoms with Gasteiger partial charge in [0.25, 0.3) is 11.5 Å². The molecule has 172 valence electrons. The Morgan fingerprint density at radius 3 is 2.55 bits per heavy atom. The van der Waals surface area contributed by atoms with Crippen LogP contribution in [0.15, 0.2) is 59.5 Å². The number of carbonyl (C=O) groups excluding carboxylic acids is 1. The van der Waals surface area contributed by atoms with Crippen LogP contribution in [0.25, 0.3) is 0 Å². The summed E-state index contributed by atoms with van der Waals surface area (Å²) in [5.74, 6) is -0.114. The molecular formula is C22H20ClN3O7. The fourth-order valence-electron chi connectivity index (χ4n) is 2.90. The molecule has 1 aromatic heterocycles. The molecule has 0 radical (unpaired) electrons. The summed E-state index contributed by atoms with van der Waals surface area (Å²) in [6.07, 6.45) is 1.52. The lowest BCUT2D eigenvalue weighted by atomic mass is 10.2. The highest BCUT2D eigenvalue weighted by Crippen LogP contribution is 2.38. The van der Waals surface area contributed by atoms with Gasteiger partial charge in [-0.25, -0.2) is 0 Å². The summed E-state index contributed by atoms with van der Waals surface area (Å²) in [7, 11) is 2.91. The molecule has 0 aliphatic carbocycles. The predicted octanol–water partition coefficient (Wildman–Crippen LogP) is 4.11. The summed E-state index contributed by atoms with van der Waals surface area (Å²) < 4.78 is 17.4. The van der Waals surface area contributed by atoms with Gasteiger partial charge < -0.3 is 24.1 Å². The zero-order valence-electron chi connectivity index (χ0n) is 17.7. The van der Waals surface area contributed by atoms with Gasteiger partial charge in [0.05, 0.1) is 24.3 Å². The van der Waals surface area contributed by atoms with Crippen LogP contribution in [0.3, 0.4) is 0 Å². The molecule has 0 fully saturated rings. The molecule has 0 atom stereocenters. The van der Waals surface area contributed by atoms with Gasteiger partial charge in [-0.3, -0.25) is 19.7 Å². The zero-order valence-corrected chi connectivity index (χ0v) is 18.5. The number of hydrogen-bond acceptors (Lipinski definition) is 7. The Labute approximate surface area is 193 Å². The van der Waals surface area contributed by atoms with Gasteiger partial charge in [0.15, 0.2) is 11.5 Å². The number of halogens is 1. The molecule has 0 saturated heterocycles. The molecule has 3 rings (SSSR count). The average molecular weight is 474 g/mol. The Morgan fingerprint density at radius 2 is 1.85 bits per heavy atom. The van der Waals surface area contributed by atoms with E-state index in [1.54, 1.807) is 0 Å². The fourth-order valence-corrected chi connectivity index (χ4v) is 3.07. The summed E-state index contributed by atoms with van der Waals surface area (Å²) >= 11 is 5.83. The largest absolute Gasteiger partial charge is 0.493 e. The lowest BCUT2D eigenvalue weighted by Gasteiger charge is -2.13. The van der Waals surface area contributed by atoms with Crippen molar-refractivity contribution in [1.29, 1.82) is 0 Å². The Balaban J connectivity index is 1.82. The topological polar surface area (TPSA) is 122 Å². The van der Waals surface area contributed by atoms with Crippen LogP contribution in [0.1, 0.15) is 10.4 Å². The molecule has 0 aliphatic heterocycles. The monoisotopic (exact) mass is 473 g/mol. The third-order valence-corrected chi connectivity index (χ3v) is 4.78. The van der Waals surface area contributed by atoms with Gasteiger partial charge in [-0.2, -0.15) is 0 Å². The molecule has 0 aliphatic rings. The second kappa shape index (κ2) is 10.6. The van der Waals surface area contributed by atoms with E-state index in [-0.39, 0.29) is 39.1 Å². The van der Waals surface area contributed by atoms with Crippen molar-refractivity contribution in [1.82, 2.24) is 4.57 Å². The van der Waals surface area contributed by atoms with Gasteiger partial charge >= 0.3 is 5.69 Å². The number of benzene rings is 2. The first-order chi connectivity index (χ1) is 15.8. The van der Waals surface area contributed by atoms with Gasteiger partial charge in [0.1, 0.15) is 0 Å². The van der Waals surface area contributed by atoms with E-state index in [1.807, 2.05) is 0 Å². The molecule has 1 N–H and O–H groups in total. The zero-order chi connectivity index (χ0) is 24.0. The van der Waals surface area contributed by atoms with Crippen molar-refractivity contribution >= 4 is 28.9 Å². The number of pyridine rings is 1. The van der Waals surface area contributed by atoms with Crippen molar-refractivity contribution < 1.29 is 23.9 Å². The number of ether oxygens (including phenoxy) is 3. The second-order valence-electron chi connectivity index (χ2n) is 6.73. The van der Waals surface area contributed by atoms with Gasteiger partial charge in [0.2, 0.25) is 5.75 Å². The number of rotatable bonds is 9. The lowest BCUT2D eigenvalue weighted by molar-refractivity contribution is -0.385. The maximum Gasteiger partial charge on any atom is 0.313 e. The van der Waals surface area contributed by atoms with E-state index in [0.29, 0.717) is 18.8 Å². The van der Waals surface area contributed by atoms with Crippen LogP contribution < -0.4 is 20.3 Å². The highest BCUT2D eigenvalue weighted by Gasteiger charge is 2.19. The summed E-state index contributed by atoms with van der Waals surface area (Å²) in [6, 6.07) is 11.2. The molecule has 1 heterocycles. The van der Waals surface area contributed by atoms with Crippen molar-refractivity contribution in [3.8, 4) is 17.2 Å². The number of amides is 1. The Hall–Kier alpha value is -3.89. The predicted molar refractivity (Wildman–Crippen MR) is 122 cm³/mol. The third-order valence-electron chi connectivity index (χ3n) is 4.54. The van der Waals surface area contributed by atoms with Crippen molar-refractivity contribution in [3.05, 3.63) is 85.8 Å². The minimum atomic E-state index is -0.610. The maximum atomic E-state index is 12.7. The normalized spacial score (nSPS) is 10.5. The molecule has 0 unspecified atom stereocenters. The number of nitro benzene ring substituents is 1. The lowest BCUT2D eigenvalue weighted by Crippen LogP contribution is -2.22. The number of methoxy groups -OCH3 is 2. The van der Waals surface area contributed by atoms with Crippen molar-refractivity contribution in [2.45, 2.75) is 6.54 Å². The van der Waals surface area contributed by atoms with E-state index in [4.69, 9.17) is 25.8 Å². The number of carbonyl (C=O) groups is 1. The Morgan fingerprint density at radius 1 is 1.09 bits per heavy atom. The van der Waals surface area contributed by atoms with Crippen LogP contribution in [0, 0.1) is 10.1 Å². The van der Waals surface area contributed by atoms with E-state index < -0.39 is 10.8 Å². The first-order valence-corrected chi connectivity index (χ1v) is 10.0. The fraction of sp³-hybridized carbons (Fsp3) is 0.182. The van der Waals surface area contributed by atoms with E-state index in [1.165, 1.54) is 73.5 Å². The second-order valence-corrected chi connectivity index (χ2v) is 7.17. The first kappa shape index (κ1) is 23.8. The molecule has 0 spiro atoms. The number of anilines is 1. The summed E-state index contributed by atoms with van der Waals surface area (Å²) in [5.41, 5.74) is 0.144. The quantitative estimate of drug-likeness (QED) is 0.366. The standard InChI is InChI=1S/C22H20ClN3O7/c1-31-10-9-25-13-16(5-8-21(25)27)24-22(28)14-3-6-19(20(11-14)32-2)33-18-7-4-15(23)12-17(18)26(29)30/h3-8,11-13H,9-10H2,1-2H3,(H,24,28). The summed E-state index contributed by atoms with van der Waals surface area (Å²) in [4.78, 5) is 35.3. The Bertz CT molecular complexity index is 1240. The van der Waals surface area contributed by atoms with E-state index in [9.17, 15) is 19.7 Å². The minimum absolute atomic E-state index is 0.0294. The molecule has 10 nitrogen and oxygen atoms in total. The SMILES string of the molecule is COCCn1cc(NC(=O)c2ccc(Oc3ccc(Cl)cc3[N+](=O)[O-])c(OC)c2)ccc1=O. The average Bonchev–Trinajstić information content (AvgIpc) is 2.80. The van der Waals surface area contributed by atoms with Gasteiger partial charge in [-0.05, 0) is 36.4 Å². The van der Waals surface area contributed by atoms with Crippen LogP contribution >= 0.6 is 11.6 Å². The molecule has 1 amide bonds. The molecule has 0 saturated carbocycles. The van der Waals surface area contributed by atoms with E-state index >= 15 is 0 Å². The highest BCUT2D eigenvalue weighted by atomic mass is 35.5. The van der Waals surface area contributed by atoms with Crippen LogP contribution in [0.4, 0.5) is 11.4 Å². The smallest absolute Gasteiger partial charge is 0.313 e. The first-order valence-electron chi connectivity index (χ1n) is 9.63. The van der Waals surface area contributed by atoms with Crippen molar-refractivity contribution in [3.63, 3.8) is 0 Å². The number of nitrogens with one attached hydrogen (secondary N) is 1. The van der Waals surface area contributed by atoms with E-state index in [2.05, 4.69) is 5.32 Å². The van der Waals surface area contributed by atoms with Gasteiger partial charge in [-0.1, -0.05) is 11.6 Å². The maximum absolute atomic E-state index is 12.7. The molecule has 3 aromatic rings. The number of aromatic nitrogens is 1. The molecule has 11 heteroatoms. The van der Waals surface area contributed by atoms with Crippen LogP contribution in [0.2, 0.25) is 5.02 Å². The van der Waals surface area contributed by atoms with Crippen molar-refractivity contribution in [2.75, 3.05) is 26.1 Å². The van der Waals surface area contributed by atoms with Crippen LogP contribution in [-0.4, -0.2) is 36.2 Å². The molecule has 33 heavy (non-hydrogen) atoms.